The van der Waals surface area contributed by atoms with Crippen molar-refractivity contribution in [1.82, 2.24) is 15.0 Å². The summed E-state index contributed by atoms with van der Waals surface area (Å²) in [6, 6.07) is 8.52. The van der Waals surface area contributed by atoms with Gasteiger partial charge in [0.1, 0.15) is 4.83 Å². The van der Waals surface area contributed by atoms with Gasteiger partial charge in [0.05, 0.1) is 11.1 Å². The fourth-order valence-corrected chi connectivity index (χ4v) is 3.93. The molecule has 2 aromatic heterocycles. The van der Waals surface area contributed by atoms with Crippen molar-refractivity contribution in [1.29, 1.82) is 0 Å². The number of fused-ring (bicyclic) bond motifs is 1. The number of aromatic nitrogens is 2. The van der Waals surface area contributed by atoms with E-state index in [1.165, 1.54) is 11.3 Å². The number of urea groups is 1. The molecule has 0 spiro atoms. The van der Waals surface area contributed by atoms with Gasteiger partial charge in [0.15, 0.2) is 5.16 Å². The molecule has 0 saturated carbocycles. The second-order valence-electron chi connectivity index (χ2n) is 4.97. The minimum atomic E-state index is -0.940. The summed E-state index contributed by atoms with van der Waals surface area (Å²) in [7, 11) is 0. The molecule has 0 aliphatic heterocycles. The Balaban J connectivity index is 1.96. The number of nitrogen functional groups attached to an aromatic ring is 1. The average Bonchev–Trinajstić information content (AvgIpc) is 3.01. The SMILES string of the molecule is NC(=O)NC(=O)CSc1nc2scc(-c3ccccc3)c2c(=O)n1N. The molecule has 10 heteroatoms. The largest absolute Gasteiger partial charge is 0.351 e. The number of carbonyl (C=O) groups is 2. The van der Waals surface area contributed by atoms with E-state index in [1.807, 2.05) is 41.0 Å². The van der Waals surface area contributed by atoms with Gasteiger partial charge in [0, 0.05) is 10.9 Å². The van der Waals surface area contributed by atoms with Crippen molar-refractivity contribution < 1.29 is 9.59 Å². The van der Waals surface area contributed by atoms with Gasteiger partial charge in [0.25, 0.3) is 5.56 Å². The zero-order chi connectivity index (χ0) is 18.0. The van der Waals surface area contributed by atoms with Crippen molar-refractivity contribution in [3.05, 3.63) is 46.1 Å². The average molecular weight is 375 g/mol. The van der Waals surface area contributed by atoms with Crippen LogP contribution in [0.2, 0.25) is 0 Å². The zero-order valence-corrected chi connectivity index (χ0v) is 14.4. The lowest BCUT2D eigenvalue weighted by atomic mass is 10.1. The highest BCUT2D eigenvalue weighted by atomic mass is 32.2. The van der Waals surface area contributed by atoms with Gasteiger partial charge in [-0.1, -0.05) is 42.1 Å². The Kier molecular flexibility index (Phi) is 4.72. The predicted molar refractivity (Wildman–Crippen MR) is 97.9 cm³/mol. The van der Waals surface area contributed by atoms with Crippen molar-refractivity contribution in [3.8, 4) is 11.1 Å². The first-order valence-electron chi connectivity index (χ1n) is 7.04. The van der Waals surface area contributed by atoms with Crippen LogP contribution in [0.15, 0.2) is 45.7 Å². The van der Waals surface area contributed by atoms with Gasteiger partial charge in [-0.25, -0.2) is 14.5 Å². The molecule has 2 heterocycles. The van der Waals surface area contributed by atoms with Crippen molar-refractivity contribution >= 4 is 45.3 Å². The third-order valence-corrected chi connectivity index (χ3v) is 5.11. The molecular weight excluding hydrogens is 362 g/mol. The molecule has 5 N–H and O–H groups in total. The maximum atomic E-state index is 12.6. The van der Waals surface area contributed by atoms with E-state index in [2.05, 4.69) is 4.98 Å². The van der Waals surface area contributed by atoms with Gasteiger partial charge >= 0.3 is 6.03 Å². The molecule has 8 nitrogen and oxygen atoms in total. The third kappa shape index (κ3) is 3.49. The number of imide groups is 1. The number of rotatable bonds is 4. The minimum Gasteiger partial charge on any atom is -0.351 e. The Labute approximate surface area is 149 Å². The normalized spacial score (nSPS) is 10.7. The number of amides is 3. The summed E-state index contributed by atoms with van der Waals surface area (Å²) in [5.74, 6) is 5.11. The molecular formula is C15H13N5O3S2. The standard InChI is InChI=1S/C15H13N5O3S2/c16-14(23)18-10(21)7-25-15-19-12-11(13(22)20(15)17)9(6-24-12)8-4-2-1-3-5-8/h1-6H,7,17H2,(H3,16,18,21,23). The first-order valence-corrected chi connectivity index (χ1v) is 8.90. The van der Waals surface area contributed by atoms with E-state index < -0.39 is 17.5 Å². The molecule has 25 heavy (non-hydrogen) atoms. The topological polar surface area (TPSA) is 133 Å². The van der Waals surface area contributed by atoms with E-state index in [9.17, 15) is 14.4 Å². The first-order chi connectivity index (χ1) is 12.0. The van der Waals surface area contributed by atoms with Crippen LogP contribution in [-0.4, -0.2) is 27.4 Å². The summed E-state index contributed by atoms with van der Waals surface area (Å²) in [6.07, 6.45) is 0. The van der Waals surface area contributed by atoms with E-state index in [0.717, 1.165) is 27.6 Å². The Morgan fingerprint density at radius 1 is 1.28 bits per heavy atom. The third-order valence-electron chi connectivity index (χ3n) is 3.29. The highest BCUT2D eigenvalue weighted by Gasteiger charge is 2.17. The number of thiophene rings is 1. The fraction of sp³-hybridized carbons (Fsp3) is 0.0667. The second-order valence-corrected chi connectivity index (χ2v) is 6.77. The maximum Gasteiger partial charge on any atom is 0.318 e. The number of primary amides is 1. The number of carbonyl (C=O) groups excluding carboxylic acids is 2. The van der Waals surface area contributed by atoms with Crippen LogP contribution in [0.1, 0.15) is 0 Å². The predicted octanol–water partition coefficient (Wildman–Crippen LogP) is 1.13. The lowest BCUT2D eigenvalue weighted by Gasteiger charge is -2.07. The fourth-order valence-electron chi connectivity index (χ4n) is 2.22. The van der Waals surface area contributed by atoms with Crippen LogP contribution in [0.25, 0.3) is 21.3 Å². The van der Waals surface area contributed by atoms with Crippen LogP contribution in [0.3, 0.4) is 0 Å². The van der Waals surface area contributed by atoms with Crippen LogP contribution in [0, 0.1) is 0 Å². The molecule has 0 unspecified atom stereocenters. The van der Waals surface area contributed by atoms with Gasteiger partial charge in [-0.3, -0.25) is 14.9 Å². The Morgan fingerprint density at radius 2 is 2.00 bits per heavy atom. The molecule has 3 amide bonds. The first kappa shape index (κ1) is 17.0. The Hall–Kier alpha value is -2.85. The molecule has 0 bridgehead atoms. The van der Waals surface area contributed by atoms with Gasteiger partial charge in [0.2, 0.25) is 5.91 Å². The van der Waals surface area contributed by atoms with E-state index >= 15 is 0 Å². The lowest BCUT2D eigenvalue weighted by molar-refractivity contribution is -0.117. The zero-order valence-electron chi connectivity index (χ0n) is 12.8. The maximum absolute atomic E-state index is 12.6. The summed E-state index contributed by atoms with van der Waals surface area (Å²) in [6.45, 7) is 0. The molecule has 0 atom stereocenters. The van der Waals surface area contributed by atoms with Crippen LogP contribution >= 0.6 is 23.1 Å². The number of hydrogen-bond donors (Lipinski definition) is 3. The summed E-state index contributed by atoms with van der Waals surface area (Å²) < 4.78 is 0.906. The number of nitrogens with one attached hydrogen (secondary N) is 1. The summed E-state index contributed by atoms with van der Waals surface area (Å²) in [5.41, 5.74) is 6.14. The monoisotopic (exact) mass is 375 g/mol. The van der Waals surface area contributed by atoms with Crippen LogP contribution in [0.5, 0.6) is 0 Å². The van der Waals surface area contributed by atoms with Crippen molar-refractivity contribution in [2.24, 2.45) is 5.73 Å². The number of thioether (sulfide) groups is 1. The highest BCUT2D eigenvalue weighted by molar-refractivity contribution is 7.99. The van der Waals surface area contributed by atoms with E-state index in [0.29, 0.717) is 10.2 Å². The van der Waals surface area contributed by atoms with Crippen molar-refractivity contribution in [3.63, 3.8) is 0 Å². The number of nitrogens with two attached hydrogens (primary N) is 2. The number of hydrogen-bond acceptors (Lipinski definition) is 7. The van der Waals surface area contributed by atoms with E-state index in [4.69, 9.17) is 11.6 Å². The Bertz CT molecular complexity index is 1010. The van der Waals surface area contributed by atoms with E-state index in [-0.39, 0.29) is 10.9 Å². The minimum absolute atomic E-state index is 0.144. The quantitative estimate of drug-likeness (QED) is 0.356. The van der Waals surface area contributed by atoms with Crippen molar-refractivity contribution in [2.45, 2.75) is 5.16 Å². The molecule has 1 aromatic carbocycles. The van der Waals surface area contributed by atoms with Crippen LogP contribution < -0.4 is 22.5 Å². The number of nitrogens with zero attached hydrogens (tertiary/aromatic N) is 2. The molecule has 3 rings (SSSR count). The summed E-state index contributed by atoms with van der Waals surface area (Å²) in [4.78, 5) is 39.7. The van der Waals surface area contributed by atoms with Gasteiger partial charge < -0.3 is 11.6 Å². The molecule has 0 fully saturated rings. The molecule has 0 aliphatic carbocycles. The number of benzene rings is 1. The summed E-state index contributed by atoms with van der Waals surface area (Å²) in [5, 5.41) is 4.40. The lowest BCUT2D eigenvalue weighted by Crippen LogP contribution is -2.36. The molecule has 3 aromatic rings. The highest BCUT2D eigenvalue weighted by Crippen LogP contribution is 2.31. The van der Waals surface area contributed by atoms with Crippen LogP contribution in [-0.2, 0) is 4.79 Å². The molecule has 0 radical (unpaired) electrons. The van der Waals surface area contributed by atoms with Gasteiger partial charge in [-0.2, -0.15) is 0 Å². The van der Waals surface area contributed by atoms with Crippen molar-refractivity contribution in [2.75, 3.05) is 11.6 Å². The van der Waals surface area contributed by atoms with E-state index in [1.54, 1.807) is 0 Å². The summed E-state index contributed by atoms with van der Waals surface area (Å²) >= 11 is 2.27. The molecule has 0 saturated heterocycles. The Morgan fingerprint density at radius 3 is 2.68 bits per heavy atom. The molecule has 128 valence electrons. The molecule has 0 aliphatic rings. The van der Waals surface area contributed by atoms with Crippen LogP contribution in [0.4, 0.5) is 4.79 Å². The van der Waals surface area contributed by atoms with Gasteiger partial charge in [-0.05, 0) is 5.56 Å². The second kappa shape index (κ2) is 6.95. The van der Waals surface area contributed by atoms with Gasteiger partial charge in [-0.15, -0.1) is 11.3 Å². The smallest absolute Gasteiger partial charge is 0.318 e.